The fourth-order valence-corrected chi connectivity index (χ4v) is 2.65. The molecule has 0 atom stereocenters. The topological polar surface area (TPSA) is 67.6 Å². The minimum Gasteiger partial charge on any atom is -0.462 e. The second kappa shape index (κ2) is 7.79. The van der Waals surface area contributed by atoms with Gasteiger partial charge in [-0.15, -0.1) is 0 Å². The largest absolute Gasteiger partial charge is 0.462 e. The van der Waals surface area contributed by atoms with Crippen LogP contribution >= 0.6 is 0 Å². The predicted octanol–water partition coefficient (Wildman–Crippen LogP) is 3.36. The summed E-state index contributed by atoms with van der Waals surface area (Å²) in [6.45, 7) is 1.25. The van der Waals surface area contributed by atoms with Gasteiger partial charge in [0.05, 0.1) is 35.8 Å². The van der Waals surface area contributed by atoms with Crippen LogP contribution in [0.5, 0.6) is 0 Å². The van der Waals surface area contributed by atoms with Crippen LogP contribution in [0.25, 0.3) is 0 Å². The molecule has 3 N–H and O–H groups in total. The van der Waals surface area contributed by atoms with Gasteiger partial charge in [-0.05, 0) is 19.1 Å². The molecule has 1 aliphatic rings. The van der Waals surface area contributed by atoms with Crippen molar-refractivity contribution in [3.8, 4) is 0 Å². The first kappa shape index (κ1) is 19.1. The molecule has 0 saturated carbocycles. The lowest BCUT2D eigenvalue weighted by Gasteiger charge is -2.34. The van der Waals surface area contributed by atoms with Gasteiger partial charge >= 0.3 is 5.97 Å². The van der Waals surface area contributed by atoms with Crippen LogP contribution in [0.15, 0.2) is 12.1 Å². The molecule has 25 heavy (non-hydrogen) atoms. The highest BCUT2D eigenvalue weighted by Crippen LogP contribution is 2.35. The van der Waals surface area contributed by atoms with Gasteiger partial charge < -0.3 is 20.7 Å². The molecule has 5 nitrogen and oxygen atoms in total. The van der Waals surface area contributed by atoms with E-state index in [2.05, 4.69) is 5.32 Å². The number of rotatable bonds is 6. The number of nitrogens with two attached hydrogens (primary N) is 1. The number of nitrogens with zero attached hydrogens (tertiary/aromatic N) is 1. The van der Waals surface area contributed by atoms with Crippen LogP contribution in [0.3, 0.4) is 0 Å². The molecule has 1 saturated heterocycles. The van der Waals surface area contributed by atoms with Gasteiger partial charge in [-0.2, -0.15) is 0 Å². The molecule has 0 bridgehead atoms. The van der Waals surface area contributed by atoms with Crippen LogP contribution in [-0.2, 0) is 4.74 Å². The molecule has 0 amide bonds. The van der Waals surface area contributed by atoms with E-state index in [-0.39, 0.29) is 49.5 Å². The van der Waals surface area contributed by atoms with E-state index in [1.54, 1.807) is 11.8 Å². The van der Waals surface area contributed by atoms with E-state index < -0.39 is 24.9 Å². The van der Waals surface area contributed by atoms with Crippen molar-refractivity contribution in [2.45, 2.75) is 32.1 Å². The monoisotopic (exact) mass is 363 g/mol. The number of benzene rings is 1. The highest BCUT2D eigenvalue weighted by atomic mass is 19.3. The predicted molar refractivity (Wildman–Crippen MR) is 87.7 cm³/mol. The van der Waals surface area contributed by atoms with Crippen LogP contribution < -0.4 is 16.0 Å². The van der Waals surface area contributed by atoms with E-state index in [1.165, 1.54) is 12.1 Å². The van der Waals surface area contributed by atoms with Gasteiger partial charge in [-0.25, -0.2) is 22.4 Å². The number of esters is 1. The maximum Gasteiger partial charge on any atom is 0.340 e. The number of alkyl halides is 4. The molecule has 1 aromatic rings. The second-order valence-electron chi connectivity index (χ2n) is 5.79. The molecular weight excluding hydrogens is 342 g/mol. The quantitative estimate of drug-likeness (QED) is 0.461. The maximum atomic E-state index is 13.4. The molecule has 1 aliphatic heterocycles. The van der Waals surface area contributed by atoms with E-state index in [0.717, 1.165) is 0 Å². The minimum absolute atomic E-state index is 0.0393. The molecule has 0 aromatic heterocycles. The third kappa shape index (κ3) is 4.90. The first-order chi connectivity index (χ1) is 11.7. The number of carbonyl (C=O) groups is 1. The highest BCUT2D eigenvalue weighted by Gasteiger charge is 2.35. The van der Waals surface area contributed by atoms with Gasteiger partial charge in [0.2, 0.25) is 0 Å². The third-order valence-electron chi connectivity index (χ3n) is 3.95. The van der Waals surface area contributed by atoms with Crippen molar-refractivity contribution < 1.29 is 27.1 Å². The molecule has 1 fully saturated rings. The average molecular weight is 363 g/mol. The third-order valence-corrected chi connectivity index (χ3v) is 3.95. The molecule has 2 rings (SSSR count). The van der Waals surface area contributed by atoms with Gasteiger partial charge in [0.25, 0.3) is 12.3 Å². The van der Waals surface area contributed by atoms with E-state index in [0.29, 0.717) is 5.69 Å². The molecule has 1 aromatic carbocycles. The number of nitrogens with one attached hydrogen (secondary N) is 1. The summed E-state index contributed by atoms with van der Waals surface area (Å²) in [5.74, 6) is -3.38. The molecular formula is C16H21F4N3O2. The van der Waals surface area contributed by atoms with Crippen molar-refractivity contribution >= 4 is 23.0 Å². The Morgan fingerprint density at radius 1 is 1.36 bits per heavy atom. The van der Waals surface area contributed by atoms with Gasteiger partial charge in [-0.3, -0.25) is 0 Å². The van der Waals surface area contributed by atoms with Crippen molar-refractivity contribution in [3.05, 3.63) is 17.7 Å². The molecule has 0 unspecified atom stereocenters. The molecule has 0 aliphatic carbocycles. The van der Waals surface area contributed by atoms with Crippen LogP contribution in [0.2, 0.25) is 0 Å². The number of ether oxygens (including phenoxy) is 1. The number of carbonyl (C=O) groups excluding carboxylic acids is 1. The molecule has 1 heterocycles. The Kier molecular flexibility index (Phi) is 5.97. The lowest BCUT2D eigenvalue weighted by molar-refractivity contribution is -0.0220. The van der Waals surface area contributed by atoms with Crippen LogP contribution in [0.4, 0.5) is 34.6 Å². The number of nitrogen functional groups attached to an aromatic ring is 1. The summed E-state index contributed by atoms with van der Waals surface area (Å²) in [5.41, 5.74) is 6.64. The summed E-state index contributed by atoms with van der Waals surface area (Å²) < 4.78 is 56.6. The molecule has 140 valence electrons. The van der Waals surface area contributed by atoms with E-state index in [4.69, 9.17) is 10.5 Å². The van der Waals surface area contributed by atoms with Crippen molar-refractivity contribution in [3.63, 3.8) is 0 Å². The summed E-state index contributed by atoms with van der Waals surface area (Å²) in [4.78, 5) is 13.8. The van der Waals surface area contributed by atoms with Crippen LogP contribution in [-0.4, -0.2) is 44.6 Å². The summed E-state index contributed by atoms with van der Waals surface area (Å²) >= 11 is 0. The Balaban J connectivity index is 2.35. The Morgan fingerprint density at radius 2 is 2.00 bits per heavy atom. The fourth-order valence-electron chi connectivity index (χ4n) is 2.65. The van der Waals surface area contributed by atoms with Gasteiger partial charge in [0, 0.05) is 25.9 Å². The number of anilines is 3. The first-order valence-corrected chi connectivity index (χ1v) is 7.99. The Morgan fingerprint density at radius 3 is 2.56 bits per heavy atom. The second-order valence-corrected chi connectivity index (χ2v) is 5.79. The average Bonchev–Trinajstić information content (AvgIpc) is 2.54. The number of hydrogen-bond acceptors (Lipinski definition) is 5. The Labute approximate surface area is 143 Å². The van der Waals surface area contributed by atoms with Crippen molar-refractivity contribution in [1.29, 1.82) is 0 Å². The smallest absolute Gasteiger partial charge is 0.340 e. The van der Waals surface area contributed by atoms with Gasteiger partial charge in [-0.1, -0.05) is 0 Å². The number of piperidine rings is 1. The van der Waals surface area contributed by atoms with Gasteiger partial charge in [0.1, 0.15) is 0 Å². The summed E-state index contributed by atoms with van der Waals surface area (Å²) in [6, 6.07) is 2.77. The zero-order valence-corrected chi connectivity index (χ0v) is 13.8. The lowest BCUT2D eigenvalue weighted by Crippen LogP contribution is -2.40. The van der Waals surface area contributed by atoms with Crippen molar-refractivity contribution in [2.24, 2.45) is 0 Å². The van der Waals surface area contributed by atoms with E-state index >= 15 is 0 Å². The van der Waals surface area contributed by atoms with Crippen molar-refractivity contribution in [1.82, 2.24) is 0 Å². The molecule has 0 spiro atoms. The highest BCUT2D eigenvalue weighted by molar-refractivity contribution is 5.99. The fraction of sp³-hybridized carbons (Fsp3) is 0.562. The lowest BCUT2D eigenvalue weighted by atomic mass is 10.0. The van der Waals surface area contributed by atoms with Gasteiger partial charge in [0.15, 0.2) is 0 Å². The van der Waals surface area contributed by atoms with E-state index in [9.17, 15) is 22.4 Å². The van der Waals surface area contributed by atoms with Crippen molar-refractivity contribution in [2.75, 3.05) is 42.2 Å². The normalized spacial score (nSPS) is 16.8. The minimum atomic E-state index is -2.74. The zero-order chi connectivity index (χ0) is 18.6. The maximum absolute atomic E-state index is 13.4. The summed E-state index contributed by atoms with van der Waals surface area (Å²) in [6.07, 6.45) is -3.28. The van der Waals surface area contributed by atoms with Crippen LogP contribution in [0.1, 0.15) is 30.1 Å². The number of halogens is 4. The molecule has 0 radical (unpaired) electrons. The SMILES string of the molecule is CCOC(=O)c1cc(N)c(NCC(F)F)cc1N1CCC(F)(F)CC1. The summed E-state index contributed by atoms with van der Waals surface area (Å²) in [7, 11) is 0. The van der Waals surface area contributed by atoms with Crippen LogP contribution in [0, 0.1) is 0 Å². The Bertz CT molecular complexity index is 616. The number of hydrogen-bond donors (Lipinski definition) is 2. The summed E-state index contributed by atoms with van der Waals surface area (Å²) in [5, 5.41) is 2.50. The molecule has 9 heteroatoms. The Hall–Kier alpha value is -2.19. The zero-order valence-electron chi connectivity index (χ0n) is 13.8. The van der Waals surface area contributed by atoms with E-state index in [1.807, 2.05) is 0 Å². The standard InChI is InChI=1S/C16H21F4N3O2/c1-2-25-15(24)10-7-11(21)12(22-9-14(17)18)8-13(10)23-5-3-16(19,20)4-6-23/h7-8,14,22H,2-6,9,21H2,1H3. The first-order valence-electron chi connectivity index (χ1n) is 7.99.